The number of hydrogen-bond donors (Lipinski definition) is 1. The van der Waals surface area contributed by atoms with Crippen molar-refractivity contribution in [2.45, 2.75) is 39.5 Å². The van der Waals surface area contributed by atoms with Crippen LogP contribution in [-0.2, 0) is 14.8 Å². The maximum atomic E-state index is 14.7. The van der Waals surface area contributed by atoms with Crippen LogP contribution in [0.15, 0.2) is 82.8 Å². The van der Waals surface area contributed by atoms with Gasteiger partial charge in [0.2, 0.25) is 0 Å². The van der Waals surface area contributed by atoms with Gasteiger partial charge < -0.3 is 4.57 Å². The van der Waals surface area contributed by atoms with E-state index in [9.17, 15) is 17.6 Å². The minimum Gasteiger partial charge on any atom is -0.317 e. The fourth-order valence-electron chi connectivity index (χ4n) is 4.55. The molecule has 0 spiro atoms. The summed E-state index contributed by atoms with van der Waals surface area (Å²) >= 11 is 0. The molecule has 0 bridgehead atoms. The molecule has 0 fully saturated rings. The van der Waals surface area contributed by atoms with Crippen LogP contribution < -0.4 is 9.73 Å². The minimum atomic E-state index is -4.24. The van der Waals surface area contributed by atoms with E-state index in [1.54, 1.807) is 12.1 Å². The molecule has 0 unspecified atom stereocenters. The van der Waals surface area contributed by atoms with Crippen LogP contribution in [0.25, 0.3) is 5.69 Å². The first-order valence-electron chi connectivity index (χ1n) is 12.4. The molecule has 9 heteroatoms. The first-order chi connectivity index (χ1) is 18.5. The predicted molar refractivity (Wildman–Crippen MR) is 153 cm³/mol. The molecular weight excluding hydrogens is 515 g/mol. The number of aryl methyl sites for hydroxylation is 4. The van der Waals surface area contributed by atoms with Gasteiger partial charge in [0.25, 0.3) is 15.9 Å². The summed E-state index contributed by atoms with van der Waals surface area (Å²) in [7, 11) is -4.24. The third kappa shape index (κ3) is 5.78. The second-order valence-electron chi connectivity index (χ2n) is 9.47. The highest BCUT2D eigenvalue weighted by Gasteiger charge is 2.29. The Hall–Kier alpha value is -4.24. The number of hydrogen-bond acceptors (Lipinski definition) is 4. The van der Waals surface area contributed by atoms with E-state index in [0.29, 0.717) is 0 Å². The van der Waals surface area contributed by atoms with Crippen molar-refractivity contribution < 1.29 is 17.6 Å². The zero-order chi connectivity index (χ0) is 28.3. The van der Waals surface area contributed by atoms with Crippen molar-refractivity contribution in [1.29, 1.82) is 0 Å². The third-order valence-electron chi connectivity index (χ3n) is 6.54. The van der Waals surface area contributed by atoms with Gasteiger partial charge in [0.15, 0.2) is 0 Å². The molecule has 3 aromatic carbocycles. The van der Waals surface area contributed by atoms with Crippen LogP contribution in [0.1, 0.15) is 33.6 Å². The lowest BCUT2D eigenvalue weighted by Gasteiger charge is -2.24. The fraction of sp³-hybridized carbons (Fsp3) is 0.200. The fourth-order valence-corrected chi connectivity index (χ4v) is 5.98. The molecular formula is C30H31FN4O3S. The molecule has 0 radical (unpaired) electrons. The van der Waals surface area contributed by atoms with E-state index in [2.05, 4.69) is 41.1 Å². The molecule has 202 valence electrons. The second-order valence-corrected chi connectivity index (χ2v) is 11.3. The van der Waals surface area contributed by atoms with Gasteiger partial charge in [0, 0.05) is 17.0 Å². The number of aromatic nitrogens is 1. The molecule has 4 rings (SSSR count). The Labute approximate surface area is 228 Å². The number of anilines is 1. The van der Waals surface area contributed by atoms with Crippen LogP contribution in [0.2, 0.25) is 0 Å². The highest BCUT2D eigenvalue weighted by atomic mass is 32.2. The Morgan fingerprint density at radius 2 is 1.59 bits per heavy atom. The maximum absolute atomic E-state index is 14.7. The standard InChI is InChI=1S/C30H31FN4O3S/c1-20-13-15-26(16-14-20)39(37,38)34(28-12-7-6-11-27(28)31)19-29(36)33-32-18-25-17-23(4)35(24(25)5)30-21(2)9-8-10-22(30)3/h6-18H,19H2,1-5H3,(H,33,36)/b32-18-. The smallest absolute Gasteiger partial charge is 0.264 e. The minimum absolute atomic E-state index is 0.0495. The summed E-state index contributed by atoms with van der Waals surface area (Å²) in [5.41, 5.74) is 9.15. The molecule has 4 aromatic rings. The molecule has 7 nitrogen and oxygen atoms in total. The first kappa shape index (κ1) is 27.8. The van der Waals surface area contributed by atoms with Crippen LogP contribution in [-0.4, -0.2) is 31.7 Å². The monoisotopic (exact) mass is 546 g/mol. The molecule has 0 atom stereocenters. The lowest BCUT2D eigenvalue weighted by molar-refractivity contribution is -0.119. The van der Waals surface area contributed by atoms with Crippen LogP contribution in [0.3, 0.4) is 0 Å². The van der Waals surface area contributed by atoms with Crippen molar-refractivity contribution in [3.63, 3.8) is 0 Å². The van der Waals surface area contributed by atoms with Gasteiger partial charge in [-0.2, -0.15) is 5.10 Å². The van der Waals surface area contributed by atoms with Gasteiger partial charge in [-0.05, 0) is 76.1 Å². The normalized spacial score (nSPS) is 11.6. The number of halogens is 1. The summed E-state index contributed by atoms with van der Waals surface area (Å²) in [6.07, 6.45) is 1.52. The SMILES string of the molecule is Cc1ccc(S(=O)(=O)N(CC(=O)N/N=C\c2cc(C)n(-c3c(C)cccc3C)c2C)c2ccccc2F)cc1. The molecule has 1 aromatic heterocycles. The highest BCUT2D eigenvalue weighted by Crippen LogP contribution is 2.27. The molecule has 0 saturated carbocycles. The molecule has 0 saturated heterocycles. The lowest BCUT2D eigenvalue weighted by atomic mass is 10.1. The van der Waals surface area contributed by atoms with E-state index in [-0.39, 0.29) is 10.6 Å². The van der Waals surface area contributed by atoms with Crippen LogP contribution in [0.5, 0.6) is 0 Å². The molecule has 0 aliphatic carbocycles. The van der Waals surface area contributed by atoms with Crippen molar-refractivity contribution in [2.24, 2.45) is 5.10 Å². The molecule has 0 aliphatic rings. The number of rotatable bonds is 8. The van der Waals surface area contributed by atoms with E-state index in [1.165, 1.54) is 36.5 Å². The van der Waals surface area contributed by atoms with Gasteiger partial charge in [-0.25, -0.2) is 18.2 Å². The summed E-state index contributed by atoms with van der Waals surface area (Å²) in [5, 5.41) is 4.08. The second kappa shape index (κ2) is 11.2. The van der Waals surface area contributed by atoms with E-state index in [0.717, 1.165) is 49.7 Å². The maximum Gasteiger partial charge on any atom is 0.264 e. The number of carbonyl (C=O) groups is 1. The summed E-state index contributed by atoms with van der Waals surface area (Å²) in [6, 6.07) is 19.7. The van der Waals surface area contributed by atoms with Gasteiger partial charge in [0.1, 0.15) is 12.4 Å². The Bertz CT molecular complexity index is 1640. The summed E-state index contributed by atoms with van der Waals surface area (Å²) in [5.74, 6) is -1.47. The van der Waals surface area contributed by atoms with Crippen molar-refractivity contribution in [3.05, 3.63) is 112 Å². The van der Waals surface area contributed by atoms with Crippen molar-refractivity contribution in [1.82, 2.24) is 9.99 Å². The highest BCUT2D eigenvalue weighted by molar-refractivity contribution is 7.92. The number of amides is 1. The molecule has 1 N–H and O–H groups in total. The Balaban J connectivity index is 1.58. The number of nitrogens with one attached hydrogen (secondary N) is 1. The summed E-state index contributed by atoms with van der Waals surface area (Å²) in [6.45, 7) is 9.25. The van der Waals surface area contributed by atoms with Gasteiger partial charge >= 0.3 is 0 Å². The van der Waals surface area contributed by atoms with E-state index in [4.69, 9.17) is 0 Å². The van der Waals surface area contributed by atoms with Gasteiger partial charge in [-0.1, -0.05) is 48.0 Å². The van der Waals surface area contributed by atoms with Crippen molar-refractivity contribution in [2.75, 3.05) is 10.8 Å². The topological polar surface area (TPSA) is 83.8 Å². The van der Waals surface area contributed by atoms with Gasteiger partial charge in [0.05, 0.1) is 22.5 Å². The summed E-state index contributed by atoms with van der Waals surface area (Å²) in [4.78, 5) is 12.8. The van der Waals surface area contributed by atoms with Crippen molar-refractivity contribution >= 4 is 27.8 Å². The lowest BCUT2D eigenvalue weighted by Crippen LogP contribution is -2.40. The molecule has 0 aliphatic heterocycles. The van der Waals surface area contributed by atoms with E-state index < -0.39 is 28.3 Å². The molecule has 1 amide bonds. The number of hydrazone groups is 1. The predicted octanol–water partition coefficient (Wildman–Crippen LogP) is 5.50. The first-order valence-corrected chi connectivity index (χ1v) is 13.9. The Morgan fingerprint density at radius 3 is 2.23 bits per heavy atom. The Kier molecular flexibility index (Phi) is 8.01. The molecule has 1 heterocycles. The average Bonchev–Trinajstić information content (AvgIpc) is 3.16. The largest absolute Gasteiger partial charge is 0.317 e. The quantitative estimate of drug-likeness (QED) is 0.234. The Morgan fingerprint density at radius 1 is 0.949 bits per heavy atom. The number of nitrogens with zero attached hydrogens (tertiary/aromatic N) is 3. The van der Waals surface area contributed by atoms with Gasteiger partial charge in [-0.15, -0.1) is 0 Å². The zero-order valence-electron chi connectivity index (χ0n) is 22.6. The third-order valence-corrected chi connectivity index (χ3v) is 8.32. The van der Waals surface area contributed by atoms with Crippen LogP contribution in [0.4, 0.5) is 10.1 Å². The summed E-state index contributed by atoms with van der Waals surface area (Å²) < 4.78 is 44.5. The van der Waals surface area contributed by atoms with E-state index in [1.807, 2.05) is 32.9 Å². The van der Waals surface area contributed by atoms with Crippen LogP contribution >= 0.6 is 0 Å². The average molecular weight is 547 g/mol. The number of benzene rings is 3. The number of sulfonamides is 1. The number of carbonyl (C=O) groups excluding carboxylic acids is 1. The van der Waals surface area contributed by atoms with E-state index >= 15 is 0 Å². The number of para-hydroxylation sites is 2. The molecule has 39 heavy (non-hydrogen) atoms. The van der Waals surface area contributed by atoms with Crippen molar-refractivity contribution in [3.8, 4) is 5.69 Å². The van der Waals surface area contributed by atoms with Crippen LogP contribution in [0, 0.1) is 40.4 Å². The van der Waals surface area contributed by atoms with Gasteiger partial charge in [-0.3, -0.25) is 9.10 Å². The zero-order valence-corrected chi connectivity index (χ0v) is 23.4.